The topological polar surface area (TPSA) is 50.8 Å². The fourth-order valence-corrected chi connectivity index (χ4v) is 2.73. The molecule has 1 aromatic carbocycles. The van der Waals surface area contributed by atoms with Crippen molar-refractivity contribution in [2.75, 3.05) is 25.0 Å². The Morgan fingerprint density at radius 2 is 2.09 bits per heavy atom. The standard InChI is InChI=1S/C18H28N2O3/c1-5-22-16-11-7-6-10-15(16)19-13-14-9-8-12-20(14)17(21)23-18(2,3)4/h6-7,10-11,14,19H,5,8-9,12-13H2,1-4H3. The maximum Gasteiger partial charge on any atom is 0.410 e. The molecule has 2 rings (SSSR count). The Morgan fingerprint density at radius 3 is 2.78 bits per heavy atom. The quantitative estimate of drug-likeness (QED) is 0.894. The highest BCUT2D eigenvalue weighted by Crippen LogP contribution is 2.26. The minimum absolute atomic E-state index is 0.152. The number of nitrogens with zero attached hydrogens (tertiary/aromatic N) is 1. The third-order valence-corrected chi connectivity index (χ3v) is 3.72. The lowest BCUT2D eigenvalue weighted by molar-refractivity contribution is 0.0235. The number of rotatable bonds is 5. The predicted molar refractivity (Wildman–Crippen MR) is 92.1 cm³/mol. The van der Waals surface area contributed by atoms with Crippen molar-refractivity contribution >= 4 is 11.8 Å². The molecule has 1 amide bonds. The van der Waals surface area contributed by atoms with E-state index in [0.29, 0.717) is 13.2 Å². The zero-order valence-corrected chi connectivity index (χ0v) is 14.6. The van der Waals surface area contributed by atoms with Crippen molar-refractivity contribution in [1.29, 1.82) is 0 Å². The summed E-state index contributed by atoms with van der Waals surface area (Å²) in [5.74, 6) is 0.844. The van der Waals surface area contributed by atoms with Gasteiger partial charge in [0.15, 0.2) is 0 Å². The number of hydrogen-bond donors (Lipinski definition) is 1. The molecule has 0 spiro atoms. The number of benzene rings is 1. The summed E-state index contributed by atoms with van der Waals surface area (Å²) in [4.78, 5) is 14.1. The first-order valence-electron chi connectivity index (χ1n) is 8.36. The summed E-state index contributed by atoms with van der Waals surface area (Å²) in [6, 6.07) is 8.04. The van der Waals surface area contributed by atoms with Crippen LogP contribution in [-0.4, -0.2) is 42.3 Å². The second kappa shape index (κ2) is 7.57. The molecular formula is C18H28N2O3. The summed E-state index contributed by atoms with van der Waals surface area (Å²) in [5.41, 5.74) is 0.504. The van der Waals surface area contributed by atoms with Gasteiger partial charge in [-0.15, -0.1) is 0 Å². The van der Waals surface area contributed by atoms with Crippen LogP contribution in [0.1, 0.15) is 40.5 Å². The fourth-order valence-electron chi connectivity index (χ4n) is 2.73. The van der Waals surface area contributed by atoms with E-state index in [1.54, 1.807) is 0 Å². The largest absolute Gasteiger partial charge is 0.492 e. The molecule has 0 aromatic heterocycles. The highest BCUT2D eigenvalue weighted by atomic mass is 16.6. The van der Waals surface area contributed by atoms with Gasteiger partial charge < -0.3 is 19.7 Å². The minimum atomic E-state index is -0.459. The average Bonchev–Trinajstić information content (AvgIpc) is 2.93. The number of carbonyl (C=O) groups is 1. The Hall–Kier alpha value is -1.91. The molecule has 1 fully saturated rings. The van der Waals surface area contributed by atoms with Crippen LogP contribution in [0.15, 0.2) is 24.3 Å². The summed E-state index contributed by atoms with van der Waals surface area (Å²) in [7, 11) is 0. The molecule has 0 saturated carbocycles. The summed E-state index contributed by atoms with van der Waals surface area (Å²) in [6.07, 6.45) is 1.78. The molecule has 23 heavy (non-hydrogen) atoms. The van der Waals surface area contributed by atoms with E-state index in [0.717, 1.165) is 30.8 Å². The van der Waals surface area contributed by atoms with Gasteiger partial charge in [-0.05, 0) is 52.7 Å². The normalized spacial score (nSPS) is 17.9. The van der Waals surface area contributed by atoms with E-state index in [4.69, 9.17) is 9.47 Å². The average molecular weight is 320 g/mol. The minimum Gasteiger partial charge on any atom is -0.492 e. The molecule has 1 aromatic rings. The van der Waals surface area contributed by atoms with Crippen LogP contribution >= 0.6 is 0 Å². The van der Waals surface area contributed by atoms with Crippen molar-refractivity contribution < 1.29 is 14.3 Å². The molecule has 1 atom stereocenters. The van der Waals surface area contributed by atoms with Crippen LogP contribution < -0.4 is 10.1 Å². The predicted octanol–water partition coefficient (Wildman–Crippen LogP) is 3.90. The van der Waals surface area contributed by atoms with E-state index in [9.17, 15) is 4.79 Å². The van der Waals surface area contributed by atoms with Crippen LogP contribution in [0.2, 0.25) is 0 Å². The Balaban J connectivity index is 1.96. The maximum atomic E-state index is 12.3. The number of amides is 1. The van der Waals surface area contributed by atoms with Crippen LogP contribution in [0.4, 0.5) is 10.5 Å². The van der Waals surface area contributed by atoms with Crippen LogP contribution in [0.25, 0.3) is 0 Å². The van der Waals surface area contributed by atoms with Gasteiger partial charge in [0.25, 0.3) is 0 Å². The number of ether oxygens (including phenoxy) is 2. The van der Waals surface area contributed by atoms with Crippen molar-refractivity contribution in [3.8, 4) is 5.75 Å². The van der Waals surface area contributed by atoms with Crippen molar-refractivity contribution in [2.45, 2.75) is 52.2 Å². The number of para-hydroxylation sites is 2. The first-order valence-corrected chi connectivity index (χ1v) is 8.36. The summed E-state index contributed by atoms with van der Waals surface area (Å²) >= 11 is 0. The SMILES string of the molecule is CCOc1ccccc1NCC1CCCN1C(=O)OC(C)(C)C. The van der Waals surface area contributed by atoms with Crippen molar-refractivity contribution in [3.05, 3.63) is 24.3 Å². The summed E-state index contributed by atoms with van der Waals surface area (Å²) in [6.45, 7) is 9.74. The smallest absolute Gasteiger partial charge is 0.410 e. The number of anilines is 1. The first-order chi connectivity index (χ1) is 10.9. The molecule has 128 valence electrons. The third kappa shape index (κ3) is 5.05. The first kappa shape index (κ1) is 17.4. The lowest BCUT2D eigenvalue weighted by Gasteiger charge is -2.29. The molecule has 1 heterocycles. The second-order valence-corrected chi connectivity index (χ2v) is 6.78. The molecule has 1 unspecified atom stereocenters. The van der Waals surface area contributed by atoms with Gasteiger partial charge in [-0.3, -0.25) is 0 Å². The van der Waals surface area contributed by atoms with Crippen LogP contribution in [0, 0.1) is 0 Å². The monoisotopic (exact) mass is 320 g/mol. The van der Waals surface area contributed by atoms with Crippen molar-refractivity contribution in [2.24, 2.45) is 0 Å². The van der Waals surface area contributed by atoms with Gasteiger partial charge >= 0.3 is 6.09 Å². The summed E-state index contributed by atoms with van der Waals surface area (Å²) < 4.78 is 11.1. The van der Waals surface area contributed by atoms with Gasteiger partial charge in [-0.2, -0.15) is 0 Å². The Bertz CT molecular complexity index is 525. The molecule has 1 aliphatic rings. The van der Waals surface area contributed by atoms with Gasteiger partial charge in [0.1, 0.15) is 11.4 Å². The Kier molecular flexibility index (Phi) is 5.74. The molecule has 0 radical (unpaired) electrons. The van der Waals surface area contributed by atoms with Gasteiger partial charge in [0.2, 0.25) is 0 Å². The zero-order chi connectivity index (χ0) is 16.9. The van der Waals surface area contributed by atoms with Gasteiger partial charge in [0, 0.05) is 13.1 Å². The molecule has 5 nitrogen and oxygen atoms in total. The van der Waals surface area contributed by atoms with Gasteiger partial charge in [-0.25, -0.2) is 4.79 Å². The van der Waals surface area contributed by atoms with Crippen LogP contribution in [0.3, 0.4) is 0 Å². The van der Waals surface area contributed by atoms with E-state index in [1.807, 2.05) is 56.9 Å². The van der Waals surface area contributed by atoms with E-state index >= 15 is 0 Å². The molecule has 1 N–H and O–H groups in total. The van der Waals surface area contributed by atoms with Crippen molar-refractivity contribution in [3.63, 3.8) is 0 Å². The second-order valence-electron chi connectivity index (χ2n) is 6.78. The highest BCUT2D eigenvalue weighted by Gasteiger charge is 2.32. The molecular weight excluding hydrogens is 292 g/mol. The lowest BCUT2D eigenvalue weighted by atomic mass is 10.2. The number of nitrogens with one attached hydrogen (secondary N) is 1. The number of likely N-dealkylation sites (tertiary alicyclic amines) is 1. The summed E-state index contributed by atoms with van der Waals surface area (Å²) in [5, 5.41) is 3.41. The van der Waals surface area contributed by atoms with E-state index in [1.165, 1.54) is 0 Å². The third-order valence-electron chi connectivity index (χ3n) is 3.72. The van der Waals surface area contributed by atoms with E-state index < -0.39 is 5.60 Å². The van der Waals surface area contributed by atoms with Crippen LogP contribution in [0.5, 0.6) is 5.75 Å². The van der Waals surface area contributed by atoms with E-state index in [2.05, 4.69) is 5.32 Å². The highest BCUT2D eigenvalue weighted by molar-refractivity contribution is 5.69. The molecule has 5 heteroatoms. The van der Waals surface area contributed by atoms with Gasteiger partial charge in [0.05, 0.1) is 18.3 Å². The number of hydrogen-bond acceptors (Lipinski definition) is 4. The Labute approximate surface area is 139 Å². The molecule has 1 aliphatic heterocycles. The van der Waals surface area contributed by atoms with E-state index in [-0.39, 0.29) is 12.1 Å². The molecule has 0 bridgehead atoms. The maximum absolute atomic E-state index is 12.3. The number of carbonyl (C=O) groups excluding carboxylic acids is 1. The van der Waals surface area contributed by atoms with Crippen molar-refractivity contribution in [1.82, 2.24) is 4.90 Å². The fraction of sp³-hybridized carbons (Fsp3) is 0.611. The molecule has 1 saturated heterocycles. The lowest BCUT2D eigenvalue weighted by Crippen LogP contribution is -2.42. The molecule has 0 aliphatic carbocycles. The zero-order valence-electron chi connectivity index (χ0n) is 14.6. The van der Waals surface area contributed by atoms with Gasteiger partial charge in [-0.1, -0.05) is 12.1 Å². The van der Waals surface area contributed by atoms with Crippen LogP contribution in [-0.2, 0) is 4.74 Å². The Morgan fingerprint density at radius 1 is 1.35 bits per heavy atom.